The molecule has 0 radical (unpaired) electrons. The molecule has 1 N–H and O–H groups in total. The molecule has 1 amide bonds. The Morgan fingerprint density at radius 1 is 1.00 bits per heavy atom. The molecular weight excluding hydrogens is 469 g/mol. The van der Waals surface area contributed by atoms with Crippen molar-refractivity contribution in [1.82, 2.24) is 4.90 Å². The van der Waals surface area contributed by atoms with E-state index in [0.29, 0.717) is 46.6 Å². The maximum atomic E-state index is 13.1. The lowest BCUT2D eigenvalue weighted by atomic mass is 9.95. The molecule has 1 unspecified atom stereocenters. The Bertz CT molecular complexity index is 1280. The molecule has 1 fully saturated rings. The second-order valence-electron chi connectivity index (χ2n) is 7.54. The van der Waals surface area contributed by atoms with Gasteiger partial charge in [0.1, 0.15) is 24.7 Å². The number of nitrogens with zero attached hydrogens (tertiary/aromatic N) is 1. The maximum Gasteiger partial charge on any atom is 0.296 e. The van der Waals surface area contributed by atoms with E-state index in [1.165, 1.54) is 11.2 Å². The van der Waals surface area contributed by atoms with E-state index in [-0.39, 0.29) is 22.9 Å². The largest absolute Gasteiger partial charge is 0.507 e. The molecule has 2 aromatic carbocycles. The number of ketones is 1. The summed E-state index contributed by atoms with van der Waals surface area (Å²) in [6.07, 6.45) is 1.48. The number of aliphatic hydroxyl groups is 1. The molecule has 0 saturated carbocycles. The number of aliphatic hydroxyl groups excluding tert-OH is 1. The maximum absolute atomic E-state index is 13.1. The number of hydrogen-bond acceptors (Lipinski definition) is 6. The molecule has 7 nitrogen and oxygen atoms in total. The van der Waals surface area contributed by atoms with Gasteiger partial charge in [-0.25, -0.2) is 0 Å². The van der Waals surface area contributed by atoms with E-state index in [1.54, 1.807) is 48.5 Å². The van der Waals surface area contributed by atoms with Crippen LogP contribution < -0.4 is 9.47 Å². The van der Waals surface area contributed by atoms with Crippen LogP contribution in [0.5, 0.6) is 11.5 Å². The SMILES string of the molecule is O=C1C(=O)N(Cc2ccco2)C(c2ccc(Cl)c(Cl)c2)/C1=C(/O)c1ccc2c(c1)OCCO2. The minimum atomic E-state index is -0.905. The van der Waals surface area contributed by atoms with Crippen molar-refractivity contribution in [3.8, 4) is 11.5 Å². The normalized spacial score (nSPS) is 19.2. The van der Waals surface area contributed by atoms with Crippen molar-refractivity contribution in [1.29, 1.82) is 0 Å². The van der Waals surface area contributed by atoms with Gasteiger partial charge >= 0.3 is 0 Å². The highest BCUT2D eigenvalue weighted by Gasteiger charge is 2.46. The predicted octanol–water partition coefficient (Wildman–Crippen LogP) is 4.98. The van der Waals surface area contributed by atoms with Crippen molar-refractivity contribution in [2.75, 3.05) is 13.2 Å². The fraction of sp³-hybridized carbons (Fsp3) is 0.167. The van der Waals surface area contributed by atoms with Gasteiger partial charge in [0, 0.05) is 5.56 Å². The van der Waals surface area contributed by atoms with E-state index in [2.05, 4.69) is 0 Å². The Morgan fingerprint density at radius 2 is 1.79 bits per heavy atom. The lowest BCUT2D eigenvalue weighted by Crippen LogP contribution is -2.29. The molecule has 33 heavy (non-hydrogen) atoms. The number of ether oxygens (including phenoxy) is 2. The Labute approximate surface area is 198 Å². The summed E-state index contributed by atoms with van der Waals surface area (Å²) < 4.78 is 16.5. The first-order valence-corrected chi connectivity index (χ1v) is 10.9. The third-order valence-electron chi connectivity index (χ3n) is 5.52. The van der Waals surface area contributed by atoms with Crippen molar-refractivity contribution < 1.29 is 28.6 Å². The van der Waals surface area contributed by atoms with Crippen molar-refractivity contribution in [2.45, 2.75) is 12.6 Å². The number of amides is 1. The van der Waals surface area contributed by atoms with Gasteiger partial charge in [-0.05, 0) is 48.0 Å². The number of benzene rings is 2. The van der Waals surface area contributed by atoms with Gasteiger partial charge in [-0.1, -0.05) is 29.3 Å². The van der Waals surface area contributed by atoms with Gasteiger partial charge in [0.2, 0.25) is 0 Å². The van der Waals surface area contributed by atoms with Gasteiger partial charge < -0.3 is 23.9 Å². The lowest BCUT2D eigenvalue weighted by molar-refractivity contribution is -0.140. The van der Waals surface area contributed by atoms with Crippen LogP contribution in [-0.2, 0) is 16.1 Å². The van der Waals surface area contributed by atoms with Crippen molar-refractivity contribution in [3.63, 3.8) is 0 Å². The molecule has 3 aromatic rings. The lowest BCUT2D eigenvalue weighted by Gasteiger charge is -2.25. The highest BCUT2D eigenvalue weighted by Crippen LogP contribution is 2.42. The first kappa shape index (κ1) is 21.4. The zero-order valence-corrected chi connectivity index (χ0v) is 18.6. The first-order chi connectivity index (χ1) is 15.9. The number of fused-ring (bicyclic) bond motifs is 1. The fourth-order valence-electron chi connectivity index (χ4n) is 3.99. The summed E-state index contributed by atoms with van der Waals surface area (Å²) >= 11 is 12.3. The van der Waals surface area contributed by atoms with Crippen LogP contribution in [0.25, 0.3) is 5.76 Å². The second-order valence-corrected chi connectivity index (χ2v) is 8.35. The highest BCUT2D eigenvalue weighted by molar-refractivity contribution is 6.46. The van der Waals surface area contributed by atoms with Crippen LogP contribution in [0.1, 0.15) is 22.9 Å². The Hall–Kier alpha value is -3.42. The van der Waals surface area contributed by atoms with Gasteiger partial charge in [0.15, 0.2) is 11.5 Å². The number of halogens is 2. The number of carbonyl (C=O) groups excluding carboxylic acids is 2. The van der Waals surface area contributed by atoms with E-state index in [1.807, 2.05) is 0 Å². The standard InChI is InChI=1S/C24H17Cl2NO6/c25-16-5-3-13(10-17(16)26)21-20(23(29)24(30)27(21)12-15-2-1-7-31-15)22(28)14-4-6-18-19(11-14)33-9-8-32-18/h1-7,10-11,21,28H,8-9,12H2/b22-20-. The van der Waals surface area contributed by atoms with Crippen LogP contribution in [0.3, 0.4) is 0 Å². The summed E-state index contributed by atoms with van der Waals surface area (Å²) in [6, 6.07) is 12.1. The van der Waals surface area contributed by atoms with Crippen molar-refractivity contribution >= 4 is 40.7 Å². The molecular formula is C24H17Cl2NO6. The summed E-state index contributed by atoms with van der Waals surface area (Å²) in [6.45, 7) is 0.821. The van der Waals surface area contributed by atoms with Crippen LogP contribution >= 0.6 is 23.2 Å². The average molecular weight is 486 g/mol. The van der Waals surface area contributed by atoms with Gasteiger partial charge in [-0.15, -0.1) is 0 Å². The molecule has 3 heterocycles. The van der Waals surface area contributed by atoms with Gasteiger partial charge in [-0.2, -0.15) is 0 Å². The van der Waals surface area contributed by atoms with Gasteiger partial charge in [0.05, 0.1) is 34.5 Å². The third kappa shape index (κ3) is 3.83. The number of rotatable bonds is 4. The highest BCUT2D eigenvalue weighted by atomic mass is 35.5. The molecule has 2 aliphatic heterocycles. The Morgan fingerprint density at radius 3 is 2.52 bits per heavy atom. The van der Waals surface area contributed by atoms with Crippen molar-refractivity contribution in [3.05, 3.63) is 87.3 Å². The van der Waals surface area contributed by atoms with Gasteiger partial charge in [0.25, 0.3) is 11.7 Å². The molecule has 1 aromatic heterocycles. The van der Waals surface area contributed by atoms with E-state index < -0.39 is 17.7 Å². The minimum Gasteiger partial charge on any atom is -0.507 e. The monoisotopic (exact) mass is 485 g/mol. The fourth-order valence-corrected chi connectivity index (χ4v) is 4.30. The topological polar surface area (TPSA) is 89.2 Å². The molecule has 9 heteroatoms. The summed E-state index contributed by atoms with van der Waals surface area (Å²) in [4.78, 5) is 27.5. The number of hydrogen-bond donors (Lipinski definition) is 1. The molecule has 5 rings (SSSR count). The quantitative estimate of drug-likeness (QED) is 0.318. The summed E-state index contributed by atoms with van der Waals surface area (Å²) in [5, 5.41) is 11.8. The molecule has 2 aliphatic rings. The molecule has 0 bridgehead atoms. The average Bonchev–Trinajstić information content (AvgIpc) is 3.42. The molecule has 168 valence electrons. The molecule has 0 spiro atoms. The number of carbonyl (C=O) groups is 2. The number of Topliss-reactive ketones (excluding diaryl/α,β-unsaturated/α-hetero) is 1. The van der Waals surface area contributed by atoms with Crippen LogP contribution in [0.2, 0.25) is 10.0 Å². The molecule has 1 saturated heterocycles. The minimum absolute atomic E-state index is 0.0282. The Balaban J connectivity index is 1.65. The third-order valence-corrected chi connectivity index (χ3v) is 6.26. The van der Waals surface area contributed by atoms with E-state index in [0.717, 1.165) is 0 Å². The summed E-state index contributed by atoms with van der Waals surface area (Å²) in [7, 11) is 0. The number of likely N-dealkylation sites (tertiary alicyclic amines) is 1. The zero-order chi connectivity index (χ0) is 23.1. The van der Waals surface area contributed by atoms with E-state index in [9.17, 15) is 14.7 Å². The Kier molecular flexibility index (Phi) is 5.52. The first-order valence-electron chi connectivity index (χ1n) is 10.1. The molecule has 1 atom stereocenters. The van der Waals surface area contributed by atoms with E-state index in [4.69, 9.17) is 37.1 Å². The van der Waals surface area contributed by atoms with Crippen LogP contribution in [-0.4, -0.2) is 34.9 Å². The predicted molar refractivity (Wildman–Crippen MR) is 120 cm³/mol. The zero-order valence-electron chi connectivity index (χ0n) is 17.1. The smallest absolute Gasteiger partial charge is 0.296 e. The van der Waals surface area contributed by atoms with Gasteiger partial charge in [-0.3, -0.25) is 9.59 Å². The summed E-state index contributed by atoms with van der Waals surface area (Å²) in [5.41, 5.74) is 0.774. The van der Waals surface area contributed by atoms with Crippen LogP contribution in [0, 0.1) is 0 Å². The van der Waals surface area contributed by atoms with E-state index >= 15 is 0 Å². The van der Waals surface area contributed by atoms with Crippen LogP contribution in [0.15, 0.2) is 64.8 Å². The second kappa shape index (κ2) is 8.50. The van der Waals surface area contributed by atoms with Crippen molar-refractivity contribution in [2.24, 2.45) is 0 Å². The number of furan rings is 1. The molecule has 0 aliphatic carbocycles. The van der Waals surface area contributed by atoms with Crippen LogP contribution in [0.4, 0.5) is 0 Å². The summed E-state index contributed by atoms with van der Waals surface area (Å²) in [5.74, 6) is -0.436.